The van der Waals surface area contributed by atoms with Gasteiger partial charge in [-0.15, -0.1) is 0 Å². The van der Waals surface area contributed by atoms with E-state index in [2.05, 4.69) is 10.6 Å². The largest absolute Gasteiger partial charge is 0.376 e. The molecule has 2 heterocycles. The topological polar surface area (TPSA) is 105 Å². The van der Waals surface area contributed by atoms with E-state index in [4.69, 9.17) is 4.74 Å². The molecular formula is C17H23N3O5S. The number of nitrogens with one attached hydrogen (secondary N) is 2. The van der Waals surface area contributed by atoms with Gasteiger partial charge < -0.3 is 15.4 Å². The Kier molecular flexibility index (Phi) is 5.77. The molecule has 0 bridgehead atoms. The fraction of sp³-hybridized carbons (Fsp3) is 0.529. The zero-order valence-electron chi connectivity index (χ0n) is 14.4. The van der Waals surface area contributed by atoms with Crippen LogP contribution in [-0.4, -0.2) is 51.8 Å². The predicted molar refractivity (Wildman–Crippen MR) is 97.4 cm³/mol. The molecule has 0 saturated carbocycles. The van der Waals surface area contributed by atoms with Crippen molar-refractivity contribution in [1.29, 1.82) is 0 Å². The van der Waals surface area contributed by atoms with Crippen molar-refractivity contribution in [3.05, 3.63) is 24.3 Å². The number of sulfonamides is 1. The highest BCUT2D eigenvalue weighted by Crippen LogP contribution is 2.24. The van der Waals surface area contributed by atoms with Gasteiger partial charge in [-0.2, -0.15) is 0 Å². The summed E-state index contributed by atoms with van der Waals surface area (Å²) in [5.41, 5.74) is 0.992. The monoisotopic (exact) mass is 381 g/mol. The van der Waals surface area contributed by atoms with Crippen LogP contribution in [0.1, 0.15) is 25.7 Å². The van der Waals surface area contributed by atoms with E-state index in [-0.39, 0.29) is 11.9 Å². The molecule has 9 heteroatoms. The quantitative estimate of drug-likeness (QED) is 0.753. The summed E-state index contributed by atoms with van der Waals surface area (Å²) in [6.07, 6.45) is 3.31. The van der Waals surface area contributed by atoms with Crippen molar-refractivity contribution in [1.82, 2.24) is 5.32 Å². The van der Waals surface area contributed by atoms with Crippen molar-refractivity contribution in [2.24, 2.45) is 0 Å². The molecule has 3 rings (SSSR count). The molecule has 0 aliphatic carbocycles. The van der Waals surface area contributed by atoms with Crippen LogP contribution in [0.2, 0.25) is 0 Å². The highest BCUT2D eigenvalue weighted by molar-refractivity contribution is 7.92. The van der Waals surface area contributed by atoms with Gasteiger partial charge in [0.1, 0.15) is 0 Å². The molecule has 1 unspecified atom stereocenters. The first-order valence-electron chi connectivity index (χ1n) is 8.77. The summed E-state index contributed by atoms with van der Waals surface area (Å²) in [6, 6.07) is 6.43. The molecule has 8 nitrogen and oxygen atoms in total. The van der Waals surface area contributed by atoms with Crippen LogP contribution in [0.5, 0.6) is 0 Å². The van der Waals surface area contributed by atoms with Crippen LogP contribution in [0.25, 0.3) is 0 Å². The van der Waals surface area contributed by atoms with Crippen LogP contribution < -0.4 is 14.9 Å². The second-order valence-electron chi connectivity index (χ2n) is 6.44. The second-order valence-corrected chi connectivity index (χ2v) is 8.45. The lowest BCUT2D eigenvalue weighted by atomic mass is 10.2. The number of nitrogens with zero attached hydrogens (tertiary/aromatic N) is 1. The Morgan fingerprint density at radius 3 is 2.54 bits per heavy atom. The molecule has 1 aromatic rings. The summed E-state index contributed by atoms with van der Waals surface area (Å²) in [5.74, 6) is -1.33. The summed E-state index contributed by atoms with van der Waals surface area (Å²) in [4.78, 5) is 23.8. The molecule has 2 aliphatic heterocycles. The lowest BCUT2D eigenvalue weighted by molar-refractivity contribution is -0.136. The van der Waals surface area contributed by atoms with Gasteiger partial charge in [-0.3, -0.25) is 13.9 Å². The minimum Gasteiger partial charge on any atom is -0.376 e. The summed E-state index contributed by atoms with van der Waals surface area (Å²) in [7, 11) is -3.27. The first kappa shape index (κ1) is 18.7. The number of benzene rings is 1. The van der Waals surface area contributed by atoms with E-state index < -0.39 is 21.8 Å². The second kappa shape index (κ2) is 8.05. The third-order valence-electron chi connectivity index (χ3n) is 4.48. The first-order chi connectivity index (χ1) is 12.5. The number of ether oxygens (including phenoxy) is 1. The normalized spacial score (nSPS) is 22.0. The Labute approximate surface area is 152 Å². The average Bonchev–Trinajstić information content (AvgIpc) is 3.14. The van der Waals surface area contributed by atoms with Gasteiger partial charge in [-0.05, 0) is 49.9 Å². The lowest BCUT2D eigenvalue weighted by Gasteiger charge is -2.28. The number of carbonyl (C=O) groups excluding carboxylic acids is 2. The van der Waals surface area contributed by atoms with Crippen molar-refractivity contribution < 1.29 is 22.7 Å². The molecule has 1 aromatic carbocycles. The van der Waals surface area contributed by atoms with E-state index in [0.29, 0.717) is 37.5 Å². The van der Waals surface area contributed by atoms with E-state index >= 15 is 0 Å². The molecule has 26 heavy (non-hydrogen) atoms. The minimum absolute atomic E-state index is 0.0301. The number of hydrogen-bond acceptors (Lipinski definition) is 5. The molecule has 1 atom stereocenters. The van der Waals surface area contributed by atoms with E-state index in [1.807, 2.05) is 0 Å². The van der Waals surface area contributed by atoms with E-state index in [0.717, 1.165) is 19.3 Å². The Morgan fingerprint density at radius 1 is 1.12 bits per heavy atom. The van der Waals surface area contributed by atoms with Crippen molar-refractivity contribution in [3.8, 4) is 0 Å². The molecule has 2 saturated heterocycles. The Morgan fingerprint density at radius 2 is 1.88 bits per heavy atom. The molecule has 0 spiro atoms. The molecule has 0 radical (unpaired) electrons. The molecule has 2 fully saturated rings. The molecular weight excluding hydrogens is 358 g/mol. The van der Waals surface area contributed by atoms with Crippen LogP contribution >= 0.6 is 0 Å². The fourth-order valence-electron chi connectivity index (χ4n) is 3.07. The van der Waals surface area contributed by atoms with Crippen LogP contribution in [0, 0.1) is 0 Å². The molecule has 0 aromatic heterocycles. The third kappa shape index (κ3) is 4.53. The standard InChI is InChI=1S/C17H23N3O5S/c21-16(18-12-15-4-3-10-25-15)17(22)19-13-5-7-14(8-6-13)20-9-1-2-11-26(20,23)24/h5-8,15H,1-4,9-12H2,(H,18,21)(H,19,22). The van der Waals surface area contributed by atoms with Gasteiger partial charge in [0.25, 0.3) is 0 Å². The summed E-state index contributed by atoms with van der Waals surface area (Å²) in [5, 5.41) is 5.06. The summed E-state index contributed by atoms with van der Waals surface area (Å²) < 4.78 is 31.0. The Balaban J connectivity index is 1.54. The first-order valence-corrected chi connectivity index (χ1v) is 10.4. The van der Waals surface area contributed by atoms with Crippen LogP contribution in [0.4, 0.5) is 11.4 Å². The minimum atomic E-state index is -3.27. The van der Waals surface area contributed by atoms with Crippen molar-refractivity contribution >= 4 is 33.2 Å². The van der Waals surface area contributed by atoms with Gasteiger partial charge in [0.05, 0.1) is 17.5 Å². The SMILES string of the molecule is O=C(NCC1CCCO1)C(=O)Nc1ccc(N2CCCCS2(=O)=O)cc1. The van der Waals surface area contributed by atoms with Gasteiger partial charge in [0.2, 0.25) is 10.0 Å². The predicted octanol–water partition coefficient (Wildman–Crippen LogP) is 0.850. The zero-order chi connectivity index (χ0) is 18.6. The van der Waals surface area contributed by atoms with Crippen LogP contribution in [-0.2, 0) is 24.3 Å². The fourth-order valence-corrected chi connectivity index (χ4v) is 4.71. The van der Waals surface area contributed by atoms with Crippen LogP contribution in [0.3, 0.4) is 0 Å². The highest BCUT2D eigenvalue weighted by Gasteiger charge is 2.26. The van der Waals surface area contributed by atoms with Crippen molar-refractivity contribution in [2.75, 3.05) is 35.1 Å². The molecule has 142 valence electrons. The maximum absolute atomic E-state index is 12.1. The van der Waals surface area contributed by atoms with Gasteiger partial charge >= 0.3 is 11.8 Å². The van der Waals surface area contributed by atoms with Gasteiger partial charge in [-0.25, -0.2) is 8.42 Å². The number of rotatable bonds is 4. The molecule has 2 amide bonds. The Hall–Kier alpha value is -2.13. The van der Waals surface area contributed by atoms with E-state index in [1.165, 1.54) is 4.31 Å². The lowest BCUT2D eigenvalue weighted by Crippen LogP contribution is -2.39. The van der Waals surface area contributed by atoms with Gasteiger partial charge in [-0.1, -0.05) is 0 Å². The van der Waals surface area contributed by atoms with Crippen molar-refractivity contribution in [3.63, 3.8) is 0 Å². The maximum Gasteiger partial charge on any atom is 0.313 e. The number of carbonyl (C=O) groups is 2. The highest BCUT2D eigenvalue weighted by atomic mass is 32.2. The van der Waals surface area contributed by atoms with E-state index in [1.54, 1.807) is 24.3 Å². The number of hydrogen-bond donors (Lipinski definition) is 2. The molecule has 2 N–H and O–H groups in total. The van der Waals surface area contributed by atoms with Crippen LogP contribution in [0.15, 0.2) is 24.3 Å². The van der Waals surface area contributed by atoms with Gasteiger partial charge in [0.15, 0.2) is 0 Å². The number of amides is 2. The summed E-state index contributed by atoms with van der Waals surface area (Å²) >= 11 is 0. The van der Waals surface area contributed by atoms with Gasteiger partial charge in [0, 0.05) is 25.4 Å². The average molecular weight is 381 g/mol. The maximum atomic E-state index is 12.1. The summed E-state index contributed by atoms with van der Waals surface area (Å²) in [6.45, 7) is 1.46. The zero-order valence-corrected chi connectivity index (χ0v) is 15.3. The smallest absolute Gasteiger partial charge is 0.313 e. The third-order valence-corrected chi connectivity index (χ3v) is 6.35. The van der Waals surface area contributed by atoms with E-state index in [9.17, 15) is 18.0 Å². The van der Waals surface area contributed by atoms with Crippen molar-refractivity contribution in [2.45, 2.75) is 31.8 Å². The molecule has 2 aliphatic rings. The number of anilines is 2. The Bertz CT molecular complexity index is 757.